The Labute approximate surface area is 93.0 Å². The monoisotopic (exact) mass is 212 g/mol. The van der Waals surface area contributed by atoms with Gasteiger partial charge in [-0.25, -0.2) is 0 Å². The average molecular weight is 212 g/mol. The van der Waals surface area contributed by atoms with Crippen LogP contribution in [0.3, 0.4) is 0 Å². The van der Waals surface area contributed by atoms with Crippen LogP contribution in [-0.4, -0.2) is 25.5 Å². The number of amides is 1. The third-order valence-corrected chi connectivity index (χ3v) is 3.46. The standard InChI is InChI=1S/C12H24N2O/c1-3-11(14-9-12(15)13-2)10-7-5-4-6-8-10/h10-11,14H,3-9H2,1-2H3,(H,13,15). The first-order valence-corrected chi connectivity index (χ1v) is 6.22. The fourth-order valence-electron chi connectivity index (χ4n) is 2.49. The zero-order valence-electron chi connectivity index (χ0n) is 10.0. The largest absolute Gasteiger partial charge is 0.358 e. The smallest absolute Gasteiger partial charge is 0.233 e. The highest BCUT2D eigenvalue weighted by molar-refractivity contribution is 5.77. The van der Waals surface area contributed by atoms with Gasteiger partial charge in [0.25, 0.3) is 0 Å². The van der Waals surface area contributed by atoms with Crippen molar-refractivity contribution in [1.29, 1.82) is 0 Å². The second kappa shape index (κ2) is 6.83. The molecule has 1 atom stereocenters. The molecule has 1 amide bonds. The lowest BCUT2D eigenvalue weighted by molar-refractivity contribution is -0.119. The van der Waals surface area contributed by atoms with E-state index in [-0.39, 0.29) is 5.91 Å². The van der Waals surface area contributed by atoms with Crippen molar-refractivity contribution < 1.29 is 4.79 Å². The number of carbonyl (C=O) groups is 1. The van der Waals surface area contributed by atoms with Crippen LogP contribution in [0.15, 0.2) is 0 Å². The van der Waals surface area contributed by atoms with E-state index in [1.54, 1.807) is 7.05 Å². The third-order valence-electron chi connectivity index (χ3n) is 3.46. The maximum absolute atomic E-state index is 11.1. The molecule has 1 aliphatic carbocycles. The first-order valence-electron chi connectivity index (χ1n) is 6.22. The van der Waals surface area contributed by atoms with Crippen molar-refractivity contribution in [1.82, 2.24) is 10.6 Å². The molecular formula is C12H24N2O. The minimum Gasteiger partial charge on any atom is -0.358 e. The maximum Gasteiger partial charge on any atom is 0.233 e. The SMILES string of the molecule is CCC(NCC(=O)NC)C1CCCCC1. The topological polar surface area (TPSA) is 41.1 Å². The van der Waals surface area contributed by atoms with Gasteiger partial charge >= 0.3 is 0 Å². The number of hydrogen-bond acceptors (Lipinski definition) is 2. The van der Waals surface area contributed by atoms with Gasteiger partial charge in [0.1, 0.15) is 0 Å². The summed E-state index contributed by atoms with van der Waals surface area (Å²) < 4.78 is 0. The normalized spacial score (nSPS) is 19.9. The van der Waals surface area contributed by atoms with Gasteiger partial charge in [-0.15, -0.1) is 0 Å². The Morgan fingerprint density at radius 1 is 1.33 bits per heavy atom. The summed E-state index contributed by atoms with van der Waals surface area (Å²) in [6.45, 7) is 2.67. The molecule has 1 rings (SSSR count). The second-order valence-electron chi connectivity index (χ2n) is 4.47. The summed E-state index contributed by atoms with van der Waals surface area (Å²) >= 11 is 0. The Hall–Kier alpha value is -0.570. The van der Waals surface area contributed by atoms with Crippen LogP contribution in [0.4, 0.5) is 0 Å². The fraction of sp³-hybridized carbons (Fsp3) is 0.917. The van der Waals surface area contributed by atoms with Crippen LogP contribution in [0, 0.1) is 5.92 Å². The minimum atomic E-state index is 0.0873. The summed E-state index contributed by atoms with van der Waals surface area (Å²) in [5, 5.41) is 6.02. The zero-order chi connectivity index (χ0) is 11.1. The van der Waals surface area contributed by atoms with Crippen LogP contribution >= 0.6 is 0 Å². The maximum atomic E-state index is 11.1. The Bertz CT molecular complexity index is 188. The van der Waals surface area contributed by atoms with Gasteiger partial charge in [-0.05, 0) is 25.2 Å². The van der Waals surface area contributed by atoms with Crippen molar-refractivity contribution in [2.45, 2.75) is 51.5 Å². The van der Waals surface area contributed by atoms with Crippen molar-refractivity contribution in [2.75, 3.05) is 13.6 Å². The van der Waals surface area contributed by atoms with Gasteiger partial charge in [0.2, 0.25) is 5.91 Å². The minimum absolute atomic E-state index is 0.0873. The Morgan fingerprint density at radius 3 is 2.53 bits per heavy atom. The first-order chi connectivity index (χ1) is 7.27. The van der Waals surface area contributed by atoms with E-state index in [9.17, 15) is 4.79 Å². The second-order valence-corrected chi connectivity index (χ2v) is 4.47. The quantitative estimate of drug-likeness (QED) is 0.728. The molecule has 0 saturated heterocycles. The highest BCUT2D eigenvalue weighted by Crippen LogP contribution is 2.27. The van der Waals surface area contributed by atoms with E-state index in [2.05, 4.69) is 17.6 Å². The molecule has 0 spiro atoms. The Balaban J connectivity index is 2.30. The molecule has 3 heteroatoms. The van der Waals surface area contributed by atoms with Crippen molar-refractivity contribution in [3.8, 4) is 0 Å². The lowest BCUT2D eigenvalue weighted by Gasteiger charge is -2.30. The summed E-state index contributed by atoms with van der Waals surface area (Å²) in [6, 6.07) is 0.530. The molecule has 1 unspecified atom stereocenters. The van der Waals surface area contributed by atoms with Crippen molar-refractivity contribution in [3.05, 3.63) is 0 Å². The third kappa shape index (κ3) is 4.20. The highest BCUT2D eigenvalue weighted by Gasteiger charge is 2.21. The molecule has 1 aliphatic rings. The summed E-state index contributed by atoms with van der Waals surface area (Å²) in [5.41, 5.74) is 0. The van der Waals surface area contributed by atoms with Crippen LogP contribution in [0.1, 0.15) is 45.4 Å². The van der Waals surface area contributed by atoms with E-state index in [0.717, 1.165) is 12.3 Å². The molecule has 0 aromatic carbocycles. The molecule has 1 fully saturated rings. The summed E-state index contributed by atoms with van der Waals surface area (Å²) in [5.74, 6) is 0.873. The molecule has 0 aromatic heterocycles. The lowest BCUT2D eigenvalue weighted by Crippen LogP contribution is -2.42. The summed E-state index contributed by atoms with van der Waals surface area (Å²) in [7, 11) is 1.69. The number of likely N-dealkylation sites (N-methyl/N-ethyl adjacent to an activating group) is 1. The van der Waals surface area contributed by atoms with Gasteiger partial charge in [-0.1, -0.05) is 26.2 Å². The van der Waals surface area contributed by atoms with Crippen molar-refractivity contribution >= 4 is 5.91 Å². The number of hydrogen-bond donors (Lipinski definition) is 2. The Kier molecular flexibility index (Phi) is 5.69. The van der Waals surface area contributed by atoms with E-state index in [1.165, 1.54) is 32.1 Å². The van der Waals surface area contributed by atoms with Gasteiger partial charge in [0.05, 0.1) is 6.54 Å². The van der Waals surface area contributed by atoms with E-state index in [4.69, 9.17) is 0 Å². The molecule has 15 heavy (non-hydrogen) atoms. The molecule has 0 aliphatic heterocycles. The van der Waals surface area contributed by atoms with E-state index >= 15 is 0 Å². The molecule has 0 bridgehead atoms. The predicted molar refractivity (Wildman–Crippen MR) is 62.7 cm³/mol. The number of nitrogens with one attached hydrogen (secondary N) is 2. The lowest BCUT2D eigenvalue weighted by atomic mass is 9.83. The van der Waals surface area contributed by atoms with Crippen LogP contribution in [0.25, 0.3) is 0 Å². The summed E-state index contributed by atoms with van der Waals surface area (Å²) in [6.07, 6.45) is 7.91. The van der Waals surface area contributed by atoms with Crippen LogP contribution < -0.4 is 10.6 Å². The zero-order valence-corrected chi connectivity index (χ0v) is 10.0. The van der Waals surface area contributed by atoms with E-state index < -0.39 is 0 Å². The number of rotatable bonds is 5. The van der Waals surface area contributed by atoms with E-state index in [1.807, 2.05) is 0 Å². The molecular weight excluding hydrogens is 188 g/mol. The highest BCUT2D eigenvalue weighted by atomic mass is 16.1. The average Bonchev–Trinajstić information content (AvgIpc) is 2.31. The number of carbonyl (C=O) groups excluding carboxylic acids is 1. The van der Waals surface area contributed by atoms with Gasteiger partial charge in [-0.3, -0.25) is 4.79 Å². The fourth-order valence-corrected chi connectivity index (χ4v) is 2.49. The van der Waals surface area contributed by atoms with Crippen molar-refractivity contribution in [2.24, 2.45) is 5.92 Å². The Morgan fingerprint density at radius 2 is 2.00 bits per heavy atom. The molecule has 1 saturated carbocycles. The molecule has 0 heterocycles. The summed E-state index contributed by atoms with van der Waals surface area (Å²) in [4.78, 5) is 11.1. The molecule has 88 valence electrons. The van der Waals surface area contributed by atoms with Crippen LogP contribution in [0.2, 0.25) is 0 Å². The molecule has 0 aromatic rings. The molecule has 2 N–H and O–H groups in total. The van der Waals surface area contributed by atoms with Gasteiger partial charge in [-0.2, -0.15) is 0 Å². The first kappa shape index (κ1) is 12.5. The molecule has 0 radical (unpaired) electrons. The van der Waals surface area contributed by atoms with Crippen LogP contribution in [-0.2, 0) is 4.79 Å². The van der Waals surface area contributed by atoms with Crippen LogP contribution in [0.5, 0.6) is 0 Å². The van der Waals surface area contributed by atoms with Crippen molar-refractivity contribution in [3.63, 3.8) is 0 Å². The van der Waals surface area contributed by atoms with E-state index in [0.29, 0.717) is 12.6 Å². The van der Waals surface area contributed by atoms with Gasteiger partial charge in [0, 0.05) is 13.1 Å². The molecule has 3 nitrogen and oxygen atoms in total. The van der Waals surface area contributed by atoms with Gasteiger partial charge in [0.15, 0.2) is 0 Å². The predicted octanol–water partition coefficient (Wildman–Crippen LogP) is 1.68. The van der Waals surface area contributed by atoms with Gasteiger partial charge < -0.3 is 10.6 Å².